The van der Waals surface area contributed by atoms with Gasteiger partial charge in [-0.3, -0.25) is 0 Å². The fourth-order valence-corrected chi connectivity index (χ4v) is 2.17. The fraction of sp³-hybridized carbons (Fsp3) is 0.375. The van der Waals surface area contributed by atoms with Crippen molar-refractivity contribution in [2.75, 3.05) is 0 Å². The van der Waals surface area contributed by atoms with E-state index in [0.29, 0.717) is 6.07 Å². The quantitative estimate of drug-likeness (QED) is 0.805. The molecule has 0 aromatic carbocycles. The fourth-order valence-electron chi connectivity index (χ4n) is 1.33. The first-order valence-electron chi connectivity index (χ1n) is 4.76. The molecule has 1 aromatic rings. The van der Waals surface area contributed by atoms with Gasteiger partial charge in [-0.15, -0.1) is 13.2 Å². The van der Waals surface area contributed by atoms with E-state index in [2.05, 4.69) is 9.72 Å². The monoisotopic (exact) mass is 321 g/mol. The molecule has 0 aliphatic carbocycles. The van der Waals surface area contributed by atoms with Crippen LogP contribution in [0.15, 0.2) is 11.0 Å². The predicted molar refractivity (Wildman–Crippen MR) is 55.1 cm³/mol. The molecule has 4 N–H and O–H groups in total. The number of hydrogen-bond donors (Lipinski definition) is 2. The van der Waals surface area contributed by atoms with Gasteiger partial charge in [0.25, 0.3) is 6.43 Å². The molecule has 0 bridgehead atoms. The maximum absolute atomic E-state index is 12.5. The van der Waals surface area contributed by atoms with Crippen LogP contribution in [0.4, 0.5) is 22.0 Å². The molecule has 0 spiro atoms. The Hall–Kier alpha value is -1.53. The van der Waals surface area contributed by atoms with Gasteiger partial charge in [0, 0.05) is 6.54 Å². The highest BCUT2D eigenvalue weighted by atomic mass is 32.2. The van der Waals surface area contributed by atoms with Gasteiger partial charge in [0.2, 0.25) is 15.9 Å². The van der Waals surface area contributed by atoms with Crippen LogP contribution in [0.1, 0.15) is 17.7 Å². The van der Waals surface area contributed by atoms with E-state index < -0.39 is 51.4 Å². The number of rotatable bonds is 4. The Morgan fingerprint density at radius 1 is 1.35 bits per heavy atom. The van der Waals surface area contributed by atoms with E-state index in [9.17, 15) is 30.4 Å². The predicted octanol–water partition coefficient (Wildman–Crippen LogP) is 1.02. The van der Waals surface area contributed by atoms with Gasteiger partial charge < -0.3 is 10.5 Å². The molecule has 20 heavy (non-hydrogen) atoms. The Morgan fingerprint density at radius 2 is 1.90 bits per heavy atom. The molecule has 0 fully saturated rings. The highest BCUT2D eigenvalue weighted by Gasteiger charge is 2.36. The third-order valence-electron chi connectivity index (χ3n) is 1.98. The van der Waals surface area contributed by atoms with E-state index in [4.69, 9.17) is 10.9 Å². The van der Waals surface area contributed by atoms with Crippen molar-refractivity contribution in [3.05, 3.63) is 17.3 Å². The van der Waals surface area contributed by atoms with Crippen LogP contribution >= 0.6 is 0 Å². The number of pyridine rings is 1. The molecule has 0 aliphatic rings. The molecule has 1 rings (SSSR count). The zero-order valence-corrected chi connectivity index (χ0v) is 10.3. The van der Waals surface area contributed by atoms with Crippen LogP contribution in [-0.4, -0.2) is 19.8 Å². The summed E-state index contributed by atoms with van der Waals surface area (Å²) >= 11 is 0. The topological polar surface area (TPSA) is 108 Å². The Morgan fingerprint density at radius 3 is 2.25 bits per heavy atom. The molecule has 114 valence electrons. The highest BCUT2D eigenvalue weighted by Crippen LogP contribution is 2.32. The Kier molecular flexibility index (Phi) is 4.51. The summed E-state index contributed by atoms with van der Waals surface area (Å²) in [6, 6.07) is 0.549. The lowest BCUT2D eigenvalue weighted by molar-refractivity contribution is -0.277. The van der Waals surface area contributed by atoms with E-state index in [-0.39, 0.29) is 0 Å². The lowest BCUT2D eigenvalue weighted by Crippen LogP contribution is -2.24. The molecule has 1 aromatic heterocycles. The summed E-state index contributed by atoms with van der Waals surface area (Å²) in [6.07, 6.45) is -8.58. The maximum Gasteiger partial charge on any atom is 0.574 e. The summed E-state index contributed by atoms with van der Waals surface area (Å²) in [4.78, 5) is 1.65. The number of aromatic nitrogens is 1. The highest BCUT2D eigenvalue weighted by molar-refractivity contribution is 7.89. The lowest BCUT2D eigenvalue weighted by Gasteiger charge is -2.15. The first-order chi connectivity index (χ1) is 8.95. The van der Waals surface area contributed by atoms with Crippen LogP contribution in [0.25, 0.3) is 0 Å². The molecule has 0 saturated carbocycles. The molecule has 0 unspecified atom stereocenters. The van der Waals surface area contributed by atoms with E-state index in [1.807, 2.05) is 0 Å². The Balaban J connectivity index is 3.62. The number of halogens is 5. The van der Waals surface area contributed by atoms with E-state index in [0.717, 1.165) is 0 Å². The summed E-state index contributed by atoms with van der Waals surface area (Å²) in [7, 11) is -4.70. The number of alkyl halides is 5. The molecule has 0 aliphatic heterocycles. The molecule has 0 saturated heterocycles. The first kappa shape index (κ1) is 16.5. The van der Waals surface area contributed by atoms with Crippen molar-refractivity contribution in [1.29, 1.82) is 0 Å². The minimum absolute atomic E-state index is 0.549. The Bertz CT molecular complexity index is 602. The van der Waals surface area contributed by atoms with E-state index >= 15 is 0 Å². The zero-order valence-electron chi connectivity index (χ0n) is 9.49. The maximum atomic E-state index is 12.5. The second-order valence-electron chi connectivity index (χ2n) is 3.44. The van der Waals surface area contributed by atoms with Gasteiger partial charge in [-0.05, 0) is 11.6 Å². The van der Waals surface area contributed by atoms with Crippen LogP contribution < -0.4 is 15.6 Å². The second kappa shape index (κ2) is 5.46. The van der Waals surface area contributed by atoms with Crippen molar-refractivity contribution >= 4 is 10.0 Å². The van der Waals surface area contributed by atoms with Gasteiger partial charge in [-0.1, -0.05) is 0 Å². The van der Waals surface area contributed by atoms with E-state index in [1.165, 1.54) is 0 Å². The van der Waals surface area contributed by atoms with Crippen molar-refractivity contribution in [3.8, 4) is 5.88 Å². The summed E-state index contributed by atoms with van der Waals surface area (Å²) < 4.78 is 87.3. The van der Waals surface area contributed by atoms with Gasteiger partial charge in [-0.2, -0.15) is 0 Å². The van der Waals surface area contributed by atoms with Gasteiger partial charge in [0.05, 0.1) is 0 Å². The van der Waals surface area contributed by atoms with Crippen LogP contribution in [-0.2, 0) is 16.6 Å². The molecule has 12 heteroatoms. The number of ether oxygens (including phenoxy) is 1. The molecular formula is C8H8F5N3O3S. The smallest absolute Gasteiger partial charge is 0.386 e. The van der Waals surface area contributed by atoms with Crippen LogP contribution in [0.2, 0.25) is 0 Å². The minimum Gasteiger partial charge on any atom is -0.386 e. The standard InChI is InChI=1S/C8H8F5N3O3S/c9-6(10)4-1-3(2-14)5(20(15,17)18)7(16-4)19-8(11,12)13/h1,6H,2,14H2,(H2,15,17,18). The van der Waals surface area contributed by atoms with Gasteiger partial charge >= 0.3 is 6.36 Å². The SMILES string of the molecule is NCc1cc(C(F)F)nc(OC(F)(F)F)c1S(N)(=O)=O. The average Bonchev–Trinajstić information content (AvgIpc) is 2.23. The molecule has 0 radical (unpaired) electrons. The van der Waals surface area contributed by atoms with Crippen LogP contribution in [0.3, 0.4) is 0 Å². The molecule has 6 nitrogen and oxygen atoms in total. The van der Waals surface area contributed by atoms with Crippen molar-refractivity contribution in [3.63, 3.8) is 0 Å². The van der Waals surface area contributed by atoms with Gasteiger partial charge in [0.1, 0.15) is 10.6 Å². The van der Waals surface area contributed by atoms with Crippen molar-refractivity contribution in [1.82, 2.24) is 4.98 Å². The molecule has 0 atom stereocenters. The van der Waals surface area contributed by atoms with Crippen molar-refractivity contribution in [2.45, 2.75) is 24.2 Å². The van der Waals surface area contributed by atoms with Gasteiger partial charge in [-0.25, -0.2) is 27.3 Å². The number of nitrogens with two attached hydrogens (primary N) is 2. The number of primary sulfonamides is 1. The van der Waals surface area contributed by atoms with Gasteiger partial charge in [0.15, 0.2) is 0 Å². The summed E-state index contributed by atoms with van der Waals surface area (Å²) in [5.74, 6) is -1.58. The van der Waals surface area contributed by atoms with Crippen molar-refractivity contribution < 1.29 is 35.1 Å². The number of sulfonamides is 1. The lowest BCUT2D eigenvalue weighted by atomic mass is 10.2. The van der Waals surface area contributed by atoms with Crippen molar-refractivity contribution in [2.24, 2.45) is 10.9 Å². The molecule has 1 heterocycles. The minimum atomic E-state index is -5.33. The van der Waals surface area contributed by atoms with Crippen LogP contribution in [0.5, 0.6) is 5.88 Å². The largest absolute Gasteiger partial charge is 0.574 e. The van der Waals surface area contributed by atoms with Crippen LogP contribution in [0, 0.1) is 0 Å². The second-order valence-corrected chi connectivity index (χ2v) is 4.94. The summed E-state index contributed by atoms with van der Waals surface area (Å²) in [5, 5.41) is 4.72. The summed E-state index contributed by atoms with van der Waals surface area (Å²) in [5.41, 5.74) is 3.45. The zero-order chi connectivity index (χ0) is 15.7. The average molecular weight is 321 g/mol. The third kappa shape index (κ3) is 3.98. The number of nitrogens with zero attached hydrogens (tertiary/aromatic N) is 1. The molecule has 0 amide bonds. The number of hydrogen-bond acceptors (Lipinski definition) is 5. The molecular weight excluding hydrogens is 313 g/mol. The van der Waals surface area contributed by atoms with E-state index in [1.54, 1.807) is 0 Å². The first-order valence-corrected chi connectivity index (χ1v) is 6.31. The summed E-state index contributed by atoms with van der Waals surface area (Å²) in [6.45, 7) is -0.651. The third-order valence-corrected chi connectivity index (χ3v) is 2.98. The Labute approximate surface area is 109 Å². The normalized spacial score (nSPS) is 12.8.